The molecule has 132 valence electrons. The predicted molar refractivity (Wildman–Crippen MR) is 106 cm³/mol. The highest BCUT2D eigenvalue weighted by Gasteiger charge is 2.54. The van der Waals surface area contributed by atoms with E-state index < -0.39 is 0 Å². The van der Waals surface area contributed by atoms with Crippen molar-refractivity contribution in [3.8, 4) is 0 Å². The van der Waals surface area contributed by atoms with Crippen molar-refractivity contribution in [2.75, 3.05) is 26.7 Å². The number of benzene rings is 1. The number of fused-ring (bicyclic) bond motifs is 3. The molecule has 0 saturated heterocycles. The summed E-state index contributed by atoms with van der Waals surface area (Å²) in [5.41, 5.74) is 3.15. The minimum Gasteiger partial charge on any atom is -0.357 e. The maximum absolute atomic E-state index is 4.97. The van der Waals surface area contributed by atoms with Crippen molar-refractivity contribution in [3.63, 3.8) is 0 Å². The number of hydrogen-bond acceptors (Lipinski definition) is 2. The molecular formula is C21H27N3S. The molecule has 1 N–H and O–H groups in total. The minimum absolute atomic E-state index is 0.745. The van der Waals surface area contributed by atoms with Gasteiger partial charge in [0.1, 0.15) is 0 Å². The van der Waals surface area contributed by atoms with Crippen LogP contribution >= 0.6 is 11.3 Å². The van der Waals surface area contributed by atoms with E-state index in [1.54, 1.807) is 11.1 Å². The van der Waals surface area contributed by atoms with Crippen LogP contribution in [-0.2, 0) is 12.8 Å². The topological polar surface area (TPSA) is 27.6 Å². The summed E-state index contributed by atoms with van der Waals surface area (Å²) in [4.78, 5) is 8.68. The molecule has 3 unspecified atom stereocenters. The van der Waals surface area contributed by atoms with Crippen LogP contribution in [0.2, 0.25) is 0 Å². The molecule has 4 rings (SSSR count). The Labute approximate surface area is 154 Å². The predicted octanol–water partition coefficient (Wildman–Crippen LogP) is 3.77. The van der Waals surface area contributed by atoms with Crippen LogP contribution in [0, 0.1) is 11.8 Å². The fourth-order valence-electron chi connectivity index (χ4n) is 4.23. The quantitative estimate of drug-likeness (QED) is 0.632. The molecule has 2 aliphatic rings. The lowest BCUT2D eigenvalue weighted by Gasteiger charge is -2.22. The van der Waals surface area contributed by atoms with Gasteiger partial charge in [-0.2, -0.15) is 0 Å². The summed E-state index contributed by atoms with van der Waals surface area (Å²) in [6, 6.07) is 13.3. The van der Waals surface area contributed by atoms with E-state index in [1.165, 1.54) is 11.3 Å². The van der Waals surface area contributed by atoms with Crippen LogP contribution in [0.25, 0.3) is 0 Å². The first-order chi connectivity index (χ1) is 12.3. The van der Waals surface area contributed by atoms with Crippen molar-refractivity contribution in [1.82, 2.24) is 10.2 Å². The number of hydrogen-bond donors (Lipinski definition) is 1. The maximum Gasteiger partial charge on any atom is 0.193 e. The summed E-state index contributed by atoms with van der Waals surface area (Å²) < 4.78 is 0. The molecule has 25 heavy (non-hydrogen) atoms. The van der Waals surface area contributed by atoms with Crippen molar-refractivity contribution < 1.29 is 0 Å². The first-order valence-electron chi connectivity index (χ1n) is 9.37. The fraction of sp³-hybridized carbons (Fsp3) is 0.476. The van der Waals surface area contributed by atoms with Gasteiger partial charge in [0.2, 0.25) is 0 Å². The zero-order chi connectivity index (χ0) is 17.2. The molecule has 1 saturated carbocycles. The number of nitrogens with zero attached hydrogens (tertiary/aromatic N) is 2. The fourth-order valence-corrected chi connectivity index (χ4v) is 4.93. The second kappa shape index (κ2) is 7.20. The SMILES string of the molecule is CCNC(=NCC1C2Cc3ccccc3C12)N(C)CCc1cccs1. The summed E-state index contributed by atoms with van der Waals surface area (Å²) in [6.45, 7) is 5.02. The van der Waals surface area contributed by atoms with Crippen LogP contribution in [0.1, 0.15) is 28.8 Å². The molecule has 3 atom stereocenters. The van der Waals surface area contributed by atoms with Crippen molar-refractivity contribution in [2.24, 2.45) is 16.8 Å². The minimum atomic E-state index is 0.745. The average Bonchev–Trinajstić information content (AvgIpc) is 3.00. The Morgan fingerprint density at radius 1 is 1.28 bits per heavy atom. The van der Waals surface area contributed by atoms with Gasteiger partial charge in [0.05, 0.1) is 0 Å². The van der Waals surface area contributed by atoms with E-state index in [1.807, 2.05) is 11.3 Å². The summed E-state index contributed by atoms with van der Waals surface area (Å²) in [7, 11) is 2.15. The van der Waals surface area contributed by atoms with Gasteiger partial charge in [0, 0.05) is 31.6 Å². The molecule has 1 aromatic carbocycles. The van der Waals surface area contributed by atoms with E-state index in [-0.39, 0.29) is 0 Å². The van der Waals surface area contributed by atoms with Gasteiger partial charge in [-0.05, 0) is 60.1 Å². The van der Waals surface area contributed by atoms with Gasteiger partial charge in [0.25, 0.3) is 0 Å². The van der Waals surface area contributed by atoms with Crippen LogP contribution in [0.3, 0.4) is 0 Å². The van der Waals surface area contributed by atoms with Gasteiger partial charge in [0.15, 0.2) is 5.96 Å². The average molecular weight is 354 g/mol. The van der Waals surface area contributed by atoms with Crippen molar-refractivity contribution in [3.05, 3.63) is 57.8 Å². The smallest absolute Gasteiger partial charge is 0.193 e. The zero-order valence-electron chi connectivity index (χ0n) is 15.1. The normalized spacial score (nSPS) is 23.9. The molecule has 0 bridgehead atoms. The van der Waals surface area contributed by atoms with Crippen molar-refractivity contribution in [1.29, 1.82) is 0 Å². The first-order valence-corrected chi connectivity index (χ1v) is 10.3. The van der Waals surface area contributed by atoms with Gasteiger partial charge >= 0.3 is 0 Å². The molecule has 0 amide bonds. The van der Waals surface area contributed by atoms with Crippen LogP contribution in [0.5, 0.6) is 0 Å². The molecule has 1 heterocycles. The number of aliphatic imine (C=N–C) groups is 1. The third-order valence-electron chi connectivity index (χ3n) is 5.62. The van der Waals surface area contributed by atoms with Crippen LogP contribution in [-0.4, -0.2) is 37.5 Å². The Kier molecular flexibility index (Phi) is 4.80. The molecule has 3 nitrogen and oxygen atoms in total. The maximum atomic E-state index is 4.97. The number of nitrogens with one attached hydrogen (secondary N) is 1. The zero-order valence-corrected chi connectivity index (χ0v) is 15.9. The number of thiophene rings is 1. The van der Waals surface area contributed by atoms with Crippen LogP contribution < -0.4 is 5.32 Å². The molecule has 0 aliphatic heterocycles. The lowest BCUT2D eigenvalue weighted by Crippen LogP contribution is -2.40. The van der Waals surface area contributed by atoms with E-state index >= 15 is 0 Å². The third kappa shape index (κ3) is 3.45. The largest absolute Gasteiger partial charge is 0.357 e. The molecule has 4 heteroatoms. The van der Waals surface area contributed by atoms with Crippen molar-refractivity contribution in [2.45, 2.75) is 25.7 Å². The Morgan fingerprint density at radius 3 is 2.96 bits per heavy atom. The monoisotopic (exact) mass is 353 g/mol. The summed E-state index contributed by atoms with van der Waals surface area (Å²) >= 11 is 1.84. The summed E-state index contributed by atoms with van der Waals surface area (Å²) in [6.07, 6.45) is 2.34. The number of rotatable bonds is 6. The second-order valence-corrected chi connectivity index (χ2v) is 8.23. The summed E-state index contributed by atoms with van der Waals surface area (Å²) in [5.74, 6) is 3.39. The van der Waals surface area contributed by atoms with E-state index in [9.17, 15) is 0 Å². The van der Waals surface area contributed by atoms with Gasteiger partial charge < -0.3 is 10.2 Å². The number of guanidine groups is 1. The molecule has 2 aromatic rings. The van der Waals surface area contributed by atoms with E-state index in [4.69, 9.17) is 4.99 Å². The Morgan fingerprint density at radius 2 is 2.16 bits per heavy atom. The highest BCUT2D eigenvalue weighted by Crippen LogP contribution is 2.61. The molecule has 1 aromatic heterocycles. The van der Waals surface area contributed by atoms with Crippen LogP contribution in [0.15, 0.2) is 46.8 Å². The van der Waals surface area contributed by atoms with Crippen LogP contribution in [0.4, 0.5) is 0 Å². The highest BCUT2D eigenvalue weighted by molar-refractivity contribution is 7.09. The van der Waals surface area contributed by atoms with Gasteiger partial charge in [-0.1, -0.05) is 30.3 Å². The van der Waals surface area contributed by atoms with E-state index in [0.29, 0.717) is 0 Å². The highest BCUT2D eigenvalue weighted by atomic mass is 32.1. The van der Waals surface area contributed by atoms with E-state index in [2.05, 4.69) is 66.0 Å². The lowest BCUT2D eigenvalue weighted by atomic mass is 10.0. The second-order valence-electron chi connectivity index (χ2n) is 7.20. The molecule has 2 aliphatic carbocycles. The lowest BCUT2D eigenvalue weighted by molar-refractivity contribution is 0.485. The summed E-state index contributed by atoms with van der Waals surface area (Å²) in [5, 5.41) is 5.61. The van der Waals surface area contributed by atoms with Gasteiger partial charge in [-0.15, -0.1) is 11.3 Å². The molecule has 0 spiro atoms. The first kappa shape index (κ1) is 16.6. The number of likely N-dealkylation sites (N-methyl/N-ethyl adjacent to an activating group) is 1. The van der Waals surface area contributed by atoms with Gasteiger partial charge in [-0.3, -0.25) is 4.99 Å². The molecule has 1 fully saturated rings. The molecular weight excluding hydrogens is 326 g/mol. The Bertz CT molecular complexity index is 737. The van der Waals surface area contributed by atoms with Gasteiger partial charge in [-0.25, -0.2) is 0 Å². The standard InChI is InChI=1S/C21H27N3S/c1-3-22-21(24(2)11-10-16-8-6-12-25-16)23-14-19-18-13-15-7-4-5-9-17(15)20(18)19/h4-9,12,18-20H,3,10-11,13-14H2,1-2H3,(H,22,23). The van der Waals surface area contributed by atoms with Crippen molar-refractivity contribution >= 4 is 17.3 Å². The van der Waals surface area contributed by atoms with E-state index in [0.717, 1.165) is 49.8 Å². The Hall–Kier alpha value is -1.81. The Balaban J connectivity index is 1.35. The molecule has 0 radical (unpaired) electrons. The third-order valence-corrected chi connectivity index (χ3v) is 6.56.